The average molecular weight is 591 g/mol. The standard InChI is InChI=1S/C38H42N2O2S/c1-37(2)30-19-10-12-21-32(30)39(5)34(37)25-23-27-15-14-16-28(36(27)43(41,42)29-17-8-7-9-18-29)24-26-35-38(3,4)31-20-11-13-22-33(31)40(35)6/h7-13,17-26,34H,14-16H2,1-6H3. The van der Waals surface area contributed by atoms with E-state index in [9.17, 15) is 8.42 Å². The molecule has 1 unspecified atom stereocenters. The van der Waals surface area contributed by atoms with Crippen molar-refractivity contribution in [2.75, 3.05) is 23.9 Å². The van der Waals surface area contributed by atoms with Gasteiger partial charge in [-0.25, -0.2) is 8.42 Å². The molecule has 3 aromatic carbocycles. The predicted molar refractivity (Wildman–Crippen MR) is 179 cm³/mol. The fraction of sp³-hybridized carbons (Fsp3) is 0.316. The maximum Gasteiger partial charge on any atom is 0.207 e. The molecule has 43 heavy (non-hydrogen) atoms. The van der Waals surface area contributed by atoms with Crippen molar-refractivity contribution in [1.82, 2.24) is 0 Å². The molecule has 0 spiro atoms. The Kier molecular flexibility index (Phi) is 7.29. The van der Waals surface area contributed by atoms with E-state index in [0.29, 0.717) is 9.80 Å². The van der Waals surface area contributed by atoms with Gasteiger partial charge >= 0.3 is 0 Å². The Morgan fingerprint density at radius 2 is 1.40 bits per heavy atom. The molecule has 1 aliphatic carbocycles. The molecule has 2 aliphatic heterocycles. The smallest absolute Gasteiger partial charge is 0.207 e. The van der Waals surface area contributed by atoms with Gasteiger partial charge in [0.2, 0.25) is 9.84 Å². The van der Waals surface area contributed by atoms with Crippen molar-refractivity contribution < 1.29 is 8.42 Å². The van der Waals surface area contributed by atoms with E-state index in [1.165, 1.54) is 22.5 Å². The third-order valence-corrected chi connectivity index (χ3v) is 11.7. The first-order chi connectivity index (χ1) is 20.5. The number of benzene rings is 3. The molecule has 0 aromatic heterocycles. The molecule has 0 fully saturated rings. The zero-order valence-electron chi connectivity index (χ0n) is 26.1. The van der Waals surface area contributed by atoms with Crippen LogP contribution in [0.5, 0.6) is 0 Å². The molecule has 0 amide bonds. The number of allylic oxidation sites excluding steroid dienone is 6. The van der Waals surface area contributed by atoms with Crippen molar-refractivity contribution in [1.29, 1.82) is 0 Å². The Bertz CT molecular complexity index is 1790. The summed E-state index contributed by atoms with van der Waals surface area (Å²) in [5.74, 6) is 0. The summed E-state index contributed by atoms with van der Waals surface area (Å²) < 4.78 is 28.7. The lowest BCUT2D eigenvalue weighted by atomic mass is 9.80. The third kappa shape index (κ3) is 4.78. The summed E-state index contributed by atoms with van der Waals surface area (Å²) in [6, 6.07) is 26.1. The summed E-state index contributed by atoms with van der Waals surface area (Å²) in [5.41, 5.74) is 7.67. The molecule has 1 atom stereocenters. The Morgan fingerprint density at radius 3 is 2.07 bits per heavy atom. The van der Waals surface area contributed by atoms with E-state index in [1.54, 1.807) is 24.3 Å². The summed E-state index contributed by atoms with van der Waals surface area (Å²) >= 11 is 0. The number of sulfone groups is 1. The topological polar surface area (TPSA) is 40.6 Å². The van der Waals surface area contributed by atoms with Gasteiger partial charge in [0.1, 0.15) is 0 Å². The second-order valence-electron chi connectivity index (χ2n) is 13.1. The lowest BCUT2D eigenvalue weighted by Gasteiger charge is -2.30. The van der Waals surface area contributed by atoms with Gasteiger partial charge in [-0.3, -0.25) is 0 Å². The van der Waals surface area contributed by atoms with Gasteiger partial charge in [-0.1, -0.05) is 101 Å². The molecule has 5 heteroatoms. The highest BCUT2D eigenvalue weighted by molar-refractivity contribution is 7.95. The van der Waals surface area contributed by atoms with Crippen molar-refractivity contribution in [3.8, 4) is 0 Å². The molecule has 222 valence electrons. The normalized spacial score (nSPS) is 23.0. The van der Waals surface area contributed by atoms with Gasteiger partial charge < -0.3 is 9.80 Å². The number of para-hydroxylation sites is 2. The molecule has 0 saturated carbocycles. The third-order valence-electron chi connectivity index (χ3n) is 9.80. The number of hydrogen-bond acceptors (Lipinski definition) is 4. The Labute approximate surface area is 257 Å². The Morgan fingerprint density at radius 1 is 0.767 bits per heavy atom. The Hall–Kier alpha value is -3.83. The summed E-state index contributed by atoms with van der Waals surface area (Å²) in [5, 5.41) is 0. The van der Waals surface area contributed by atoms with E-state index in [0.717, 1.165) is 36.1 Å². The van der Waals surface area contributed by atoms with Crippen LogP contribution < -0.4 is 9.80 Å². The summed E-state index contributed by atoms with van der Waals surface area (Å²) in [6.45, 7) is 9.03. The highest BCUT2D eigenvalue weighted by atomic mass is 32.2. The van der Waals surface area contributed by atoms with Crippen LogP contribution in [0.3, 0.4) is 0 Å². The minimum absolute atomic E-state index is 0.105. The minimum atomic E-state index is -3.74. The van der Waals surface area contributed by atoms with Crippen LogP contribution >= 0.6 is 0 Å². The van der Waals surface area contributed by atoms with Crippen LogP contribution in [0.15, 0.2) is 130 Å². The van der Waals surface area contributed by atoms with Crippen LogP contribution in [0.4, 0.5) is 11.4 Å². The lowest BCUT2D eigenvalue weighted by Crippen LogP contribution is -2.37. The maximum atomic E-state index is 14.4. The van der Waals surface area contributed by atoms with Gasteiger partial charge in [-0.2, -0.15) is 0 Å². The van der Waals surface area contributed by atoms with Gasteiger partial charge in [0.15, 0.2) is 0 Å². The van der Waals surface area contributed by atoms with Crippen molar-refractivity contribution in [3.63, 3.8) is 0 Å². The maximum absolute atomic E-state index is 14.4. The molecule has 0 bridgehead atoms. The van der Waals surface area contributed by atoms with Crippen molar-refractivity contribution in [2.45, 2.75) is 68.7 Å². The first-order valence-electron chi connectivity index (χ1n) is 15.2. The van der Waals surface area contributed by atoms with Crippen molar-refractivity contribution in [2.24, 2.45) is 0 Å². The fourth-order valence-electron chi connectivity index (χ4n) is 7.46. The van der Waals surface area contributed by atoms with Crippen molar-refractivity contribution >= 4 is 21.2 Å². The molecular weight excluding hydrogens is 548 g/mol. The zero-order chi connectivity index (χ0) is 30.6. The van der Waals surface area contributed by atoms with Gasteiger partial charge in [0.05, 0.1) is 15.8 Å². The van der Waals surface area contributed by atoms with Crippen LogP contribution in [0.2, 0.25) is 0 Å². The molecule has 3 aliphatic rings. The number of nitrogens with zero attached hydrogens (tertiary/aromatic N) is 2. The molecule has 0 N–H and O–H groups in total. The van der Waals surface area contributed by atoms with Crippen molar-refractivity contribution in [3.05, 3.63) is 136 Å². The largest absolute Gasteiger partial charge is 0.367 e. The molecule has 6 rings (SSSR count). The van der Waals surface area contributed by atoms with Crippen LogP contribution in [0.25, 0.3) is 0 Å². The predicted octanol–water partition coefficient (Wildman–Crippen LogP) is 8.49. The summed E-state index contributed by atoms with van der Waals surface area (Å²) in [4.78, 5) is 5.36. The van der Waals surface area contributed by atoms with Crippen LogP contribution in [-0.2, 0) is 20.7 Å². The first kappa shape index (κ1) is 29.3. The number of anilines is 2. The van der Waals surface area contributed by atoms with Gasteiger partial charge in [0, 0.05) is 42.0 Å². The lowest BCUT2D eigenvalue weighted by molar-refractivity contribution is 0.487. The molecule has 2 heterocycles. The second-order valence-corrected chi connectivity index (χ2v) is 15.0. The van der Waals surface area contributed by atoms with Gasteiger partial charge in [-0.05, 0) is 71.9 Å². The van der Waals surface area contributed by atoms with Crippen LogP contribution in [0, 0.1) is 0 Å². The quantitative estimate of drug-likeness (QED) is 0.299. The van der Waals surface area contributed by atoms with E-state index in [2.05, 4.69) is 124 Å². The molecule has 0 radical (unpaired) electrons. The SMILES string of the molecule is CN1C(=CC=C2CCCC(C=CC3N(C)c4ccccc4C3(C)C)=C2S(=O)(=O)c2ccccc2)C(C)(C)c2ccccc21. The highest BCUT2D eigenvalue weighted by Gasteiger charge is 2.42. The molecule has 0 saturated heterocycles. The number of hydrogen-bond donors (Lipinski definition) is 0. The summed E-state index contributed by atoms with van der Waals surface area (Å²) in [7, 11) is 0.493. The highest BCUT2D eigenvalue weighted by Crippen LogP contribution is 2.48. The zero-order valence-corrected chi connectivity index (χ0v) is 26.9. The number of rotatable bonds is 5. The second kappa shape index (κ2) is 10.7. The minimum Gasteiger partial charge on any atom is -0.367 e. The molecule has 3 aromatic rings. The van der Waals surface area contributed by atoms with Gasteiger partial charge in [0.25, 0.3) is 0 Å². The number of likely N-dealkylation sites (N-methyl/N-ethyl adjacent to an activating group) is 2. The first-order valence-corrected chi connectivity index (χ1v) is 16.7. The van der Waals surface area contributed by atoms with E-state index in [-0.39, 0.29) is 16.9 Å². The number of fused-ring (bicyclic) bond motifs is 2. The van der Waals surface area contributed by atoms with E-state index in [1.807, 2.05) is 6.07 Å². The van der Waals surface area contributed by atoms with E-state index in [4.69, 9.17) is 0 Å². The molecular formula is C38H42N2O2S. The van der Waals surface area contributed by atoms with E-state index >= 15 is 0 Å². The van der Waals surface area contributed by atoms with Gasteiger partial charge in [-0.15, -0.1) is 0 Å². The van der Waals surface area contributed by atoms with Crippen LogP contribution in [0.1, 0.15) is 58.1 Å². The monoisotopic (exact) mass is 590 g/mol. The average Bonchev–Trinajstić information content (AvgIpc) is 3.32. The summed E-state index contributed by atoms with van der Waals surface area (Å²) in [6.07, 6.45) is 10.9. The van der Waals surface area contributed by atoms with Crippen LogP contribution in [-0.4, -0.2) is 28.6 Å². The molecule has 4 nitrogen and oxygen atoms in total. The fourth-order valence-corrected chi connectivity index (χ4v) is 9.24. The van der Waals surface area contributed by atoms with E-state index < -0.39 is 9.84 Å². The Balaban J connectivity index is 1.46.